The summed E-state index contributed by atoms with van der Waals surface area (Å²) in [5.41, 5.74) is 10.1. The van der Waals surface area contributed by atoms with Crippen LogP contribution in [0.2, 0.25) is 0 Å². The molecule has 1 nitrogen and oxygen atoms in total. The number of nitrogens with two attached hydrogens (primary N) is 1. The molecular formula is C16H18IN. The predicted octanol–water partition coefficient (Wildman–Crippen LogP) is 4.29. The molecule has 2 rings (SSSR count). The lowest BCUT2D eigenvalue weighted by molar-refractivity contribution is 0.860. The summed E-state index contributed by atoms with van der Waals surface area (Å²) in [6.07, 6.45) is 2.32. The zero-order valence-corrected chi connectivity index (χ0v) is 12.7. The third-order valence-corrected chi connectivity index (χ3v) is 4.10. The average molecular weight is 351 g/mol. The van der Waals surface area contributed by atoms with Crippen molar-refractivity contribution in [1.29, 1.82) is 0 Å². The summed E-state index contributed by atoms with van der Waals surface area (Å²) in [4.78, 5) is 0. The number of benzene rings is 2. The molecule has 2 N–H and O–H groups in total. The topological polar surface area (TPSA) is 26.0 Å². The highest BCUT2D eigenvalue weighted by molar-refractivity contribution is 14.1. The van der Waals surface area contributed by atoms with Crippen molar-refractivity contribution < 1.29 is 0 Å². The van der Waals surface area contributed by atoms with Crippen LogP contribution in [-0.4, -0.2) is 0 Å². The Morgan fingerprint density at radius 3 is 2.33 bits per heavy atom. The van der Waals surface area contributed by atoms with Crippen LogP contribution in [0.5, 0.6) is 0 Å². The Balaban J connectivity index is 2.23. The van der Waals surface area contributed by atoms with E-state index < -0.39 is 0 Å². The maximum Gasteiger partial charge on any atom is 0.0562 e. The smallest absolute Gasteiger partial charge is 0.0562 e. The molecule has 2 aromatic carbocycles. The van der Waals surface area contributed by atoms with E-state index in [1.54, 1.807) is 0 Å². The van der Waals surface area contributed by atoms with Crippen LogP contribution in [0.1, 0.15) is 36.1 Å². The summed E-state index contributed by atoms with van der Waals surface area (Å²) in [6, 6.07) is 16.9. The van der Waals surface area contributed by atoms with Gasteiger partial charge in [-0.05, 0) is 51.8 Å². The lowest BCUT2D eigenvalue weighted by Crippen LogP contribution is -2.13. The van der Waals surface area contributed by atoms with E-state index in [0.717, 1.165) is 6.42 Å². The van der Waals surface area contributed by atoms with Gasteiger partial charge in [-0.1, -0.05) is 55.8 Å². The van der Waals surface area contributed by atoms with Gasteiger partial charge < -0.3 is 5.73 Å². The Bertz CT molecular complexity index is 505. The first-order chi connectivity index (χ1) is 8.72. The van der Waals surface area contributed by atoms with Gasteiger partial charge in [-0.25, -0.2) is 0 Å². The minimum absolute atomic E-state index is 0.0335. The van der Waals surface area contributed by atoms with E-state index in [4.69, 9.17) is 5.73 Å². The normalized spacial score (nSPS) is 12.4. The molecule has 1 unspecified atom stereocenters. The molecular weight excluding hydrogens is 333 g/mol. The van der Waals surface area contributed by atoms with Gasteiger partial charge in [-0.2, -0.15) is 0 Å². The number of halogens is 1. The zero-order chi connectivity index (χ0) is 13.0. The molecule has 0 amide bonds. The number of aryl methyl sites for hydroxylation is 1. The monoisotopic (exact) mass is 351 g/mol. The quantitative estimate of drug-likeness (QED) is 0.817. The number of rotatable bonds is 4. The largest absolute Gasteiger partial charge is 0.320 e. The first-order valence-corrected chi connectivity index (χ1v) is 7.39. The van der Waals surface area contributed by atoms with Crippen LogP contribution >= 0.6 is 22.6 Å². The summed E-state index contributed by atoms with van der Waals surface area (Å²) in [5.74, 6) is 0. The number of hydrogen-bond acceptors (Lipinski definition) is 1. The van der Waals surface area contributed by atoms with Gasteiger partial charge in [0.15, 0.2) is 0 Å². The fraction of sp³-hybridized carbons (Fsp3) is 0.250. The minimum Gasteiger partial charge on any atom is -0.320 e. The van der Waals surface area contributed by atoms with Crippen molar-refractivity contribution in [3.8, 4) is 0 Å². The summed E-state index contributed by atoms with van der Waals surface area (Å²) in [7, 11) is 0. The van der Waals surface area contributed by atoms with E-state index >= 15 is 0 Å². The highest BCUT2D eigenvalue weighted by atomic mass is 127. The second-order valence-electron chi connectivity index (χ2n) is 4.49. The van der Waals surface area contributed by atoms with Gasteiger partial charge in [0, 0.05) is 3.57 Å². The molecule has 18 heavy (non-hydrogen) atoms. The van der Waals surface area contributed by atoms with Crippen molar-refractivity contribution in [3.05, 3.63) is 68.8 Å². The van der Waals surface area contributed by atoms with Crippen LogP contribution in [-0.2, 0) is 6.42 Å². The second kappa shape index (κ2) is 6.34. The minimum atomic E-state index is -0.0335. The molecule has 0 radical (unpaired) electrons. The van der Waals surface area contributed by atoms with Crippen LogP contribution in [0.25, 0.3) is 0 Å². The fourth-order valence-electron chi connectivity index (χ4n) is 2.09. The van der Waals surface area contributed by atoms with Gasteiger partial charge in [0.05, 0.1) is 6.04 Å². The van der Waals surface area contributed by atoms with Crippen LogP contribution in [0.4, 0.5) is 0 Å². The van der Waals surface area contributed by atoms with Gasteiger partial charge in [0.25, 0.3) is 0 Å². The van der Waals surface area contributed by atoms with E-state index in [1.165, 1.54) is 26.7 Å². The van der Waals surface area contributed by atoms with Gasteiger partial charge >= 0.3 is 0 Å². The van der Waals surface area contributed by atoms with Crippen LogP contribution in [0.3, 0.4) is 0 Å². The molecule has 2 aromatic rings. The third-order valence-electron chi connectivity index (χ3n) is 3.12. The molecule has 0 aliphatic rings. The standard InChI is InChI=1S/C16H18IN/c1-2-5-12-8-10-13(11-9-12)16(18)14-6-3-4-7-15(14)17/h3-4,6-11,16H,2,5,18H2,1H3. The summed E-state index contributed by atoms with van der Waals surface area (Å²) < 4.78 is 1.22. The molecule has 0 saturated carbocycles. The lowest BCUT2D eigenvalue weighted by atomic mass is 9.98. The van der Waals surface area contributed by atoms with E-state index in [1.807, 2.05) is 12.1 Å². The SMILES string of the molecule is CCCc1ccc(C(N)c2ccccc2I)cc1. The third kappa shape index (κ3) is 3.12. The van der Waals surface area contributed by atoms with Gasteiger partial charge in [-0.3, -0.25) is 0 Å². The Kier molecular flexibility index (Phi) is 4.78. The second-order valence-corrected chi connectivity index (χ2v) is 5.65. The van der Waals surface area contributed by atoms with Crippen LogP contribution < -0.4 is 5.73 Å². The fourth-order valence-corrected chi connectivity index (χ4v) is 2.81. The van der Waals surface area contributed by atoms with Gasteiger partial charge in [0.2, 0.25) is 0 Å². The molecule has 0 bridgehead atoms. The molecule has 0 aliphatic carbocycles. The molecule has 2 heteroatoms. The Morgan fingerprint density at radius 1 is 1.06 bits per heavy atom. The highest BCUT2D eigenvalue weighted by Crippen LogP contribution is 2.24. The molecule has 0 fully saturated rings. The molecule has 0 aromatic heterocycles. The maximum absolute atomic E-state index is 6.34. The Hall–Kier alpha value is -0.870. The van der Waals surface area contributed by atoms with Crippen molar-refractivity contribution in [2.45, 2.75) is 25.8 Å². The van der Waals surface area contributed by atoms with E-state index in [0.29, 0.717) is 0 Å². The van der Waals surface area contributed by atoms with E-state index in [2.05, 4.69) is 65.9 Å². The predicted molar refractivity (Wildman–Crippen MR) is 85.6 cm³/mol. The first kappa shape index (κ1) is 13.6. The Morgan fingerprint density at radius 2 is 1.72 bits per heavy atom. The molecule has 0 aliphatic heterocycles. The Labute approximate surface area is 123 Å². The molecule has 0 saturated heterocycles. The van der Waals surface area contributed by atoms with Crippen molar-refractivity contribution >= 4 is 22.6 Å². The highest BCUT2D eigenvalue weighted by Gasteiger charge is 2.11. The van der Waals surface area contributed by atoms with Crippen LogP contribution in [0, 0.1) is 3.57 Å². The lowest BCUT2D eigenvalue weighted by Gasteiger charge is -2.14. The summed E-state index contributed by atoms with van der Waals surface area (Å²) >= 11 is 2.34. The van der Waals surface area contributed by atoms with Crippen molar-refractivity contribution in [1.82, 2.24) is 0 Å². The molecule has 0 spiro atoms. The van der Waals surface area contributed by atoms with Crippen molar-refractivity contribution in [3.63, 3.8) is 0 Å². The van der Waals surface area contributed by atoms with Crippen LogP contribution in [0.15, 0.2) is 48.5 Å². The molecule has 94 valence electrons. The summed E-state index contributed by atoms with van der Waals surface area (Å²) in [6.45, 7) is 2.20. The number of hydrogen-bond donors (Lipinski definition) is 1. The van der Waals surface area contributed by atoms with E-state index in [9.17, 15) is 0 Å². The maximum atomic E-state index is 6.34. The van der Waals surface area contributed by atoms with E-state index in [-0.39, 0.29) is 6.04 Å². The zero-order valence-electron chi connectivity index (χ0n) is 10.6. The van der Waals surface area contributed by atoms with Crippen molar-refractivity contribution in [2.24, 2.45) is 5.73 Å². The summed E-state index contributed by atoms with van der Waals surface area (Å²) in [5, 5.41) is 0. The van der Waals surface area contributed by atoms with Gasteiger partial charge in [0.1, 0.15) is 0 Å². The molecule has 0 heterocycles. The van der Waals surface area contributed by atoms with Crippen molar-refractivity contribution in [2.75, 3.05) is 0 Å². The van der Waals surface area contributed by atoms with Gasteiger partial charge in [-0.15, -0.1) is 0 Å². The average Bonchev–Trinajstić information content (AvgIpc) is 2.40. The first-order valence-electron chi connectivity index (χ1n) is 6.31. The molecule has 1 atom stereocenters.